The fraction of sp³-hybridized carbons (Fsp3) is 0.0476. The number of hydrogen-bond donors (Lipinski definition) is 1. The second-order valence-electron chi connectivity index (χ2n) is 5.83. The highest BCUT2D eigenvalue weighted by Crippen LogP contribution is 2.31. The Morgan fingerprint density at radius 1 is 0.960 bits per heavy atom. The van der Waals surface area contributed by atoms with E-state index in [2.05, 4.69) is 34.6 Å². The maximum Gasteiger partial charge on any atom is 0.257 e. The van der Waals surface area contributed by atoms with E-state index in [-0.39, 0.29) is 5.91 Å². The van der Waals surface area contributed by atoms with Crippen molar-refractivity contribution >= 4 is 33.1 Å². The predicted molar refractivity (Wildman–Crippen MR) is 104 cm³/mol. The Morgan fingerprint density at radius 2 is 1.72 bits per heavy atom. The van der Waals surface area contributed by atoms with Gasteiger partial charge in [-0.05, 0) is 29.3 Å². The van der Waals surface area contributed by atoms with Crippen LogP contribution in [0, 0.1) is 6.92 Å². The van der Waals surface area contributed by atoms with Crippen LogP contribution in [0.4, 0.5) is 5.13 Å². The van der Waals surface area contributed by atoms with Gasteiger partial charge in [-0.25, -0.2) is 4.98 Å². The van der Waals surface area contributed by atoms with Gasteiger partial charge in [-0.2, -0.15) is 0 Å². The minimum atomic E-state index is -0.128. The highest BCUT2D eigenvalue weighted by molar-refractivity contribution is 7.14. The fourth-order valence-corrected chi connectivity index (χ4v) is 3.60. The molecule has 4 rings (SSSR count). The lowest BCUT2D eigenvalue weighted by Gasteiger charge is -2.05. The number of carbonyl (C=O) groups is 1. The average molecular weight is 344 g/mol. The van der Waals surface area contributed by atoms with Crippen LogP contribution in [-0.2, 0) is 0 Å². The molecule has 4 aromatic rings. The van der Waals surface area contributed by atoms with E-state index in [1.807, 2.05) is 54.8 Å². The zero-order valence-corrected chi connectivity index (χ0v) is 14.5. The van der Waals surface area contributed by atoms with E-state index < -0.39 is 0 Å². The number of carbonyl (C=O) groups excluding carboxylic acids is 1. The number of amides is 1. The SMILES string of the molecule is Cc1ccccc1C(=O)Nc1nc(-c2cccc3ccccc23)cs1. The first-order chi connectivity index (χ1) is 12.2. The summed E-state index contributed by atoms with van der Waals surface area (Å²) in [4.78, 5) is 17.1. The van der Waals surface area contributed by atoms with Crippen LogP contribution in [0.1, 0.15) is 15.9 Å². The van der Waals surface area contributed by atoms with Gasteiger partial charge in [-0.3, -0.25) is 10.1 Å². The molecule has 1 aromatic heterocycles. The van der Waals surface area contributed by atoms with Gasteiger partial charge in [0.25, 0.3) is 5.91 Å². The largest absolute Gasteiger partial charge is 0.298 e. The molecule has 1 heterocycles. The second-order valence-corrected chi connectivity index (χ2v) is 6.69. The molecule has 3 nitrogen and oxygen atoms in total. The van der Waals surface area contributed by atoms with Crippen molar-refractivity contribution in [3.63, 3.8) is 0 Å². The Hall–Kier alpha value is -2.98. The highest BCUT2D eigenvalue weighted by atomic mass is 32.1. The van der Waals surface area contributed by atoms with Crippen molar-refractivity contribution in [3.05, 3.63) is 83.2 Å². The lowest BCUT2D eigenvalue weighted by Crippen LogP contribution is -2.12. The molecule has 0 fully saturated rings. The fourth-order valence-electron chi connectivity index (χ4n) is 2.90. The Balaban J connectivity index is 1.64. The monoisotopic (exact) mass is 344 g/mol. The van der Waals surface area contributed by atoms with Gasteiger partial charge in [0.05, 0.1) is 5.69 Å². The molecule has 0 radical (unpaired) electrons. The lowest BCUT2D eigenvalue weighted by atomic mass is 10.0. The molecule has 1 amide bonds. The van der Waals surface area contributed by atoms with Crippen LogP contribution in [0.5, 0.6) is 0 Å². The molecule has 4 heteroatoms. The Labute approximate surface area is 150 Å². The molecule has 0 aliphatic carbocycles. The Kier molecular flexibility index (Phi) is 4.04. The summed E-state index contributed by atoms with van der Waals surface area (Å²) >= 11 is 1.44. The Bertz CT molecular complexity index is 1060. The second kappa shape index (κ2) is 6.49. The van der Waals surface area contributed by atoms with Crippen LogP contribution in [0.2, 0.25) is 0 Å². The minimum absolute atomic E-state index is 0.128. The van der Waals surface area contributed by atoms with Crippen LogP contribution in [-0.4, -0.2) is 10.9 Å². The predicted octanol–water partition coefficient (Wildman–Crippen LogP) is 5.52. The molecular weight excluding hydrogens is 328 g/mol. The van der Waals surface area contributed by atoms with E-state index >= 15 is 0 Å². The summed E-state index contributed by atoms with van der Waals surface area (Å²) in [6.07, 6.45) is 0. The lowest BCUT2D eigenvalue weighted by molar-refractivity contribution is 0.102. The van der Waals surface area contributed by atoms with Gasteiger partial charge >= 0.3 is 0 Å². The smallest absolute Gasteiger partial charge is 0.257 e. The van der Waals surface area contributed by atoms with Gasteiger partial charge in [0.2, 0.25) is 0 Å². The number of nitrogens with zero attached hydrogens (tertiary/aromatic N) is 1. The maximum absolute atomic E-state index is 12.4. The van der Waals surface area contributed by atoms with Gasteiger partial charge in [-0.1, -0.05) is 60.7 Å². The number of aromatic nitrogens is 1. The van der Waals surface area contributed by atoms with Crippen molar-refractivity contribution in [1.82, 2.24) is 4.98 Å². The van der Waals surface area contributed by atoms with Gasteiger partial charge in [0.15, 0.2) is 5.13 Å². The number of thiazole rings is 1. The van der Waals surface area contributed by atoms with Crippen molar-refractivity contribution in [2.24, 2.45) is 0 Å². The quantitative estimate of drug-likeness (QED) is 0.531. The molecule has 0 saturated heterocycles. The summed E-state index contributed by atoms with van der Waals surface area (Å²) in [5.41, 5.74) is 3.57. The van der Waals surface area contributed by atoms with Crippen LogP contribution in [0.3, 0.4) is 0 Å². The number of fused-ring (bicyclic) bond motifs is 1. The van der Waals surface area contributed by atoms with Gasteiger partial charge in [0, 0.05) is 16.5 Å². The number of benzene rings is 3. The molecule has 0 atom stereocenters. The highest BCUT2D eigenvalue weighted by Gasteiger charge is 2.12. The van der Waals surface area contributed by atoms with Crippen LogP contribution in [0.25, 0.3) is 22.0 Å². The average Bonchev–Trinajstić information content (AvgIpc) is 3.10. The summed E-state index contributed by atoms with van der Waals surface area (Å²) < 4.78 is 0. The van der Waals surface area contributed by atoms with Crippen molar-refractivity contribution in [2.75, 3.05) is 5.32 Å². The third kappa shape index (κ3) is 3.04. The van der Waals surface area contributed by atoms with E-state index in [9.17, 15) is 4.79 Å². The minimum Gasteiger partial charge on any atom is -0.298 e. The Morgan fingerprint density at radius 3 is 2.60 bits per heavy atom. The molecule has 122 valence electrons. The van der Waals surface area contributed by atoms with Crippen molar-refractivity contribution in [2.45, 2.75) is 6.92 Å². The van der Waals surface area contributed by atoms with E-state index in [1.165, 1.54) is 16.7 Å². The van der Waals surface area contributed by atoms with Crippen LogP contribution >= 0.6 is 11.3 Å². The summed E-state index contributed by atoms with van der Waals surface area (Å²) in [6.45, 7) is 1.93. The zero-order valence-electron chi connectivity index (χ0n) is 13.7. The summed E-state index contributed by atoms with van der Waals surface area (Å²) in [5, 5.41) is 7.83. The zero-order chi connectivity index (χ0) is 17.2. The summed E-state index contributed by atoms with van der Waals surface area (Å²) in [5.74, 6) is -0.128. The third-order valence-electron chi connectivity index (χ3n) is 4.18. The topological polar surface area (TPSA) is 42.0 Å². The number of hydrogen-bond acceptors (Lipinski definition) is 3. The first-order valence-corrected chi connectivity index (χ1v) is 8.91. The molecule has 0 unspecified atom stereocenters. The first-order valence-electron chi connectivity index (χ1n) is 8.03. The van der Waals surface area contributed by atoms with E-state index in [4.69, 9.17) is 0 Å². The van der Waals surface area contributed by atoms with Crippen LogP contribution < -0.4 is 5.32 Å². The van der Waals surface area contributed by atoms with E-state index in [0.717, 1.165) is 22.2 Å². The molecule has 0 spiro atoms. The summed E-state index contributed by atoms with van der Waals surface area (Å²) in [6, 6.07) is 22.0. The third-order valence-corrected chi connectivity index (χ3v) is 4.94. The maximum atomic E-state index is 12.4. The van der Waals surface area contributed by atoms with E-state index in [1.54, 1.807) is 0 Å². The molecule has 1 N–H and O–H groups in total. The van der Waals surface area contributed by atoms with Gasteiger partial charge in [-0.15, -0.1) is 11.3 Å². The summed E-state index contributed by atoms with van der Waals surface area (Å²) in [7, 11) is 0. The normalized spacial score (nSPS) is 10.8. The molecule has 3 aromatic carbocycles. The van der Waals surface area contributed by atoms with Gasteiger partial charge < -0.3 is 0 Å². The molecule has 0 aliphatic rings. The van der Waals surface area contributed by atoms with Crippen LogP contribution in [0.15, 0.2) is 72.1 Å². The van der Waals surface area contributed by atoms with Crippen molar-refractivity contribution in [3.8, 4) is 11.3 Å². The molecule has 0 saturated carbocycles. The molecule has 0 aliphatic heterocycles. The molecule has 25 heavy (non-hydrogen) atoms. The number of nitrogens with one attached hydrogen (secondary N) is 1. The number of rotatable bonds is 3. The van der Waals surface area contributed by atoms with Crippen molar-refractivity contribution in [1.29, 1.82) is 0 Å². The van der Waals surface area contributed by atoms with Crippen molar-refractivity contribution < 1.29 is 4.79 Å². The standard InChI is InChI=1S/C21H16N2OS/c1-14-7-2-4-10-16(14)20(24)23-21-22-19(13-25-21)18-12-6-9-15-8-3-5-11-17(15)18/h2-13H,1H3,(H,22,23,24). The first kappa shape index (κ1) is 15.5. The van der Waals surface area contributed by atoms with Gasteiger partial charge in [0.1, 0.15) is 0 Å². The number of aryl methyl sites for hydroxylation is 1. The number of anilines is 1. The van der Waals surface area contributed by atoms with E-state index in [0.29, 0.717) is 10.7 Å². The molecule has 0 bridgehead atoms. The molecular formula is C21H16N2OS.